The van der Waals surface area contributed by atoms with Gasteiger partial charge in [0, 0.05) is 18.5 Å². The van der Waals surface area contributed by atoms with Crippen LogP contribution in [0.5, 0.6) is 0 Å². The van der Waals surface area contributed by atoms with Crippen LogP contribution in [0.4, 0.5) is 0 Å². The van der Waals surface area contributed by atoms with Gasteiger partial charge in [0.15, 0.2) is 5.01 Å². The first kappa shape index (κ1) is 18.1. The van der Waals surface area contributed by atoms with Gasteiger partial charge in [-0.3, -0.25) is 4.79 Å². The van der Waals surface area contributed by atoms with E-state index in [0.717, 1.165) is 31.6 Å². The van der Waals surface area contributed by atoms with Gasteiger partial charge in [0.05, 0.1) is 5.69 Å². The van der Waals surface area contributed by atoms with Gasteiger partial charge in [-0.2, -0.15) is 0 Å². The van der Waals surface area contributed by atoms with Crippen LogP contribution in [0.25, 0.3) is 0 Å². The first-order valence-electron chi connectivity index (χ1n) is 7.10. The maximum Gasteiger partial charge on any atom is 0.280 e. The van der Waals surface area contributed by atoms with Crippen molar-refractivity contribution in [2.45, 2.75) is 47.1 Å². The second-order valence-corrected chi connectivity index (χ2v) is 4.89. The summed E-state index contributed by atoms with van der Waals surface area (Å²) in [7, 11) is 3.73. The Labute approximate surface area is 121 Å². The summed E-state index contributed by atoms with van der Waals surface area (Å²) in [4.78, 5) is 19.3. The minimum atomic E-state index is -0.0734. The average molecular weight is 285 g/mol. The number of carbonyl (C=O) groups is 1. The van der Waals surface area contributed by atoms with Gasteiger partial charge < -0.3 is 10.2 Å². The summed E-state index contributed by atoms with van der Waals surface area (Å²) in [5, 5.41) is 3.21. The van der Waals surface area contributed by atoms with Gasteiger partial charge >= 0.3 is 0 Å². The van der Waals surface area contributed by atoms with E-state index < -0.39 is 0 Å². The number of rotatable bonds is 1. The fourth-order valence-electron chi connectivity index (χ4n) is 1.75. The average Bonchev–Trinajstić information content (AvgIpc) is 2.77. The number of carbonyl (C=O) groups excluding carboxylic acids is 1. The number of thiazole rings is 1. The molecule has 0 atom stereocenters. The van der Waals surface area contributed by atoms with Gasteiger partial charge in [0.25, 0.3) is 5.91 Å². The molecule has 4 nitrogen and oxygen atoms in total. The minimum absolute atomic E-state index is 0.0734. The van der Waals surface area contributed by atoms with Crippen LogP contribution in [0.15, 0.2) is 0 Å². The lowest BCUT2D eigenvalue weighted by atomic mass is 10.2. The van der Waals surface area contributed by atoms with Crippen molar-refractivity contribution in [1.82, 2.24) is 15.2 Å². The van der Waals surface area contributed by atoms with E-state index in [-0.39, 0.29) is 5.91 Å². The SMILES string of the molecule is CC.CC.CNC(=O)c1nc2c(s1)CCCN(C)C2. The van der Waals surface area contributed by atoms with E-state index in [1.165, 1.54) is 16.2 Å². The Bertz CT molecular complexity index is 377. The number of amides is 1. The normalized spacial score (nSPS) is 14.0. The lowest BCUT2D eigenvalue weighted by molar-refractivity contribution is 0.0962. The third kappa shape index (κ3) is 5.28. The van der Waals surface area contributed by atoms with E-state index in [9.17, 15) is 4.79 Å². The highest BCUT2D eigenvalue weighted by Crippen LogP contribution is 2.24. The Morgan fingerprint density at radius 2 is 1.95 bits per heavy atom. The lowest BCUT2D eigenvalue weighted by Crippen LogP contribution is -2.19. The van der Waals surface area contributed by atoms with Gasteiger partial charge in [-0.25, -0.2) is 4.98 Å². The number of hydrogen-bond donors (Lipinski definition) is 1. The first-order chi connectivity index (χ1) is 9.20. The second-order valence-electron chi connectivity index (χ2n) is 3.81. The fraction of sp³-hybridized carbons (Fsp3) is 0.714. The molecule has 0 saturated carbocycles. The number of nitrogens with one attached hydrogen (secondary N) is 1. The summed E-state index contributed by atoms with van der Waals surface area (Å²) in [6.07, 6.45) is 2.20. The van der Waals surface area contributed by atoms with Crippen molar-refractivity contribution in [3.63, 3.8) is 0 Å². The van der Waals surface area contributed by atoms with Crippen molar-refractivity contribution in [3.8, 4) is 0 Å². The first-order valence-corrected chi connectivity index (χ1v) is 7.91. The summed E-state index contributed by atoms with van der Waals surface area (Å²) < 4.78 is 0. The molecule has 19 heavy (non-hydrogen) atoms. The molecule has 5 heteroatoms. The number of nitrogens with zero attached hydrogens (tertiary/aromatic N) is 2. The monoisotopic (exact) mass is 285 g/mol. The number of aromatic nitrogens is 1. The van der Waals surface area contributed by atoms with Crippen LogP contribution in [0, 0.1) is 0 Å². The third-order valence-electron chi connectivity index (χ3n) is 2.56. The summed E-state index contributed by atoms with van der Waals surface area (Å²) in [5.41, 5.74) is 1.08. The Morgan fingerprint density at radius 3 is 2.53 bits per heavy atom. The van der Waals surface area contributed by atoms with Crippen LogP contribution in [0.1, 0.15) is 54.5 Å². The molecule has 0 saturated heterocycles. The van der Waals surface area contributed by atoms with Crippen molar-refractivity contribution in [3.05, 3.63) is 15.6 Å². The van der Waals surface area contributed by atoms with E-state index >= 15 is 0 Å². The molecule has 1 amide bonds. The maximum absolute atomic E-state index is 11.4. The molecule has 0 unspecified atom stereocenters. The lowest BCUT2D eigenvalue weighted by Gasteiger charge is -2.11. The molecule has 0 aromatic carbocycles. The van der Waals surface area contributed by atoms with Gasteiger partial charge in [0.1, 0.15) is 0 Å². The summed E-state index contributed by atoms with van der Waals surface area (Å²) >= 11 is 1.53. The Balaban J connectivity index is 0.000000741. The molecule has 1 aromatic rings. The maximum atomic E-state index is 11.4. The van der Waals surface area contributed by atoms with Gasteiger partial charge in [-0.15, -0.1) is 11.3 Å². The van der Waals surface area contributed by atoms with Crippen LogP contribution < -0.4 is 5.32 Å². The predicted octanol–water partition coefficient (Wildman–Crippen LogP) is 2.93. The summed E-state index contributed by atoms with van der Waals surface area (Å²) in [6, 6.07) is 0. The predicted molar refractivity (Wildman–Crippen MR) is 82.9 cm³/mol. The molecular formula is C14H27N3OS. The molecule has 0 aliphatic carbocycles. The molecule has 1 N–H and O–H groups in total. The highest BCUT2D eigenvalue weighted by molar-refractivity contribution is 7.13. The van der Waals surface area contributed by atoms with Crippen LogP contribution in [0.2, 0.25) is 0 Å². The van der Waals surface area contributed by atoms with Crippen molar-refractivity contribution < 1.29 is 4.79 Å². The Hall–Kier alpha value is -0.940. The molecule has 0 radical (unpaired) electrons. The third-order valence-corrected chi connectivity index (χ3v) is 3.72. The highest BCUT2D eigenvalue weighted by atomic mass is 32.1. The zero-order chi connectivity index (χ0) is 14.8. The molecule has 2 rings (SSSR count). The number of hydrogen-bond acceptors (Lipinski definition) is 4. The fourth-order valence-corrected chi connectivity index (χ4v) is 2.81. The largest absolute Gasteiger partial charge is 0.353 e. The Morgan fingerprint density at radius 1 is 1.32 bits per heavy atom. The van der Waals surface area contributed by atoms with E-state index in [1.807, 2.05) is 27.7 Å². The molecule has 0 spiro atoms. The topological polar surface area (TPSA) is 45.2 Å². The number of fused-ring (bicyclic) bond motifs is 1. The van der Waals surface area contributed by atoms with Gasteiger partial charge in [-0.05, 0) is 26.4 Å². The molecule has 1 aliphatic rings. The van der Waals surface area contributed by atoms with Crippen molar-refractivity contribution in [2.24, 2.45) is 0 Å². The summed E-state index contributed by atoms with van der Waals surface area (Å²) in [5.74, 6) is -0.0734. The molecule has 0 fully saturated rings. The van der Waals surface area contributed by atoms with E-state index in [4.69, 9.17) is 0 Å². The van der Waals surface area contributed by atoms with Gasteiger partial charge in [-0.1, -0.05) is 27.7 Å². The molecule has 1 aliphatic heterocycles. The number of aryl methyl sites for hydroxylation is 1. The van der Waals surface area contributed by atoms with E-state index in [0.29, 0.717) is 5.01 Å². The zero-order valence-electron chi connectivity index (χ0n) is 13.0. The zero-order valence-corrected chi connectivity index (χ0v) is 13.9. The molecule has 0 bridgehead atoms. The van der Waals surface area contributed by atoms with Crippen molar-refractivity contribution in [2.75, 3.05) is 20.6 Å². The molecule has 110 valence electrons. The quantitative estimate of drug-likeness (QED) is 0.863. The van der Waals surface area contributed by atoms with Crippen LogP contribution in [-0.4, -0.2) is 36.4 Å². The summed E-state index contributed by atoms with van der Waals surface area (Å²) in [6.45, 7) is 9.97. The highest BCUT2D eigenvalue weighted by Gasteiger charge is 2.19. The smallest absolute Gasteiger partial charge is 0.280 e. The van der Waals surface area contributed by atoms with Crippen LogP contribution in [-0.2, 0) is 13.0 Å². The van der Waals surface area contributed by atoms with Crippen LogP contribution in [0.3, 0.4) is 0 Å². The standard InChI is InChI=1S/C10H15N3OS.2C2H6/c1-11-9(14)10-12-7-6-13(2)5-3-4-8(7)15-10;2*1-2/h3-6H2,1-2H3,(H,11,14);2*1-2H3. The van der Waals surface area contributed by atoms with E-state index in [1.54, 1.807) is 7.05 Å². The van der Waals surface area contributed by atoms with Crippen molar-refractivity contribution in [1.29, 1.82) is 0 Å². The molecule has 2 heterocycles. The van der Waals surface area contributed by atoms with Crippen LogP contribution >= 0.6 is 11.3 Å². The molecule has 1 aromatic heterocycles. The van der Waals surface area contributed by atoms with E-state index in [2.05, 4.69) is 22.2 Å². The second kappa shape index (κ2) is 9.92. The minimum Gasteiger partial charge on any atom is -0.353 e. The molecular weight excluding hydrogens is 258 g/mol. The van der Waals surface area contributed by atoms with Crippen molar-refractivity contribution >= 4 is 17.2 Å². The Kier molecular flexibility index (Phi) is 9.43. The van der Waals surface area contributed by atoms with Gasteiger partial charge in [0.2, 0.25) is 0 Å².